The summed E-state index contributed by atoms with van der Waals surface area (Å²) in [7, 11) is 0. The second-order valence-electron chi connectivity index (χ2n) is 3.75. The third-order valence-corrected chi connectivity index (χ3v) is 3.45. The van der Waals surface area contributed by atoms with E-state index in [9.17, 15) is 0 Å². The zero-order valence-electron chi connectivity index (χ0n) is 7.78. The van der Waals surface area contributed by atoms with Crippen LogP contribution in [0.5, 0.6) is 0 Å². The maximum atomic E-state index is 2.45. The lowest BCUT2D eigenvalue weighted by molar-refractivity contribution is 0.172. The van der Waals surface area contributed by atoms with E-state index in [-0.39, 0.29) is 0 Å². The first-order valence-electron chi connectivity index (χ1n) is 4.77. The molecule has 3 unspecified atom stereocenters. The molecule has 10 heavy (non-hydrogen) atoms. The first kappa shape index (κ1) is 8.10. The van der Waals surface area contributed by atoms with Gasteiger partial charge in [0, 0.05) is 0 Å². The smallest absolute Gasteiger partial charge is 0.0266 e. The third-order valence-electron chi connectivity index (χ3n) is 3.45. The van der Waals surface area contributed by atoms with E-state index in [1.807, 2.05) is 13.8 Å². The Morgan fingerprint density at radius 3 is 2.10 bits per heavy atom. The van der Waals surface area contributed by atoms with Crippen molar-refractivity contribution in [3.63, 3.8) is 0 Å². The van der Waals surface area contributed by atoms with Crippen molar-refractivity contribution in [1.29, 1.82) is 0 Å². The minimum atomic E-state index is 0.856. The van der Waals surface area contributed by atoms with Crippen LogP contribution < -0.4 is 0 Å². The minimum absolute atomic E-state index is 0.856. The Kier molecular flexibility index (Phi) is 2.07. The fourth-order valence-corrected chi connectivity index (χ4v) is 2.41. The van der Waals surface area contributed by atoms with Crippen molar-refractivity contribution in [2.75, 3.05) is 0 Å². The largest absolute Gasteiger partial charge is 0.0683 e. The van der Waals surface area contributed by atoms with Crippen LogP contribution in [0.3, 0.4) is 0 Å². The molecule has 2 aliphatic rings. The van der Waals surface area contributed by atoms with Gasteiger partial charge in [-0.2, -0.15) is 0 Å². The summed E-state index contributed by atoms with van der Waals surface area (Å²) < 4.78 is 0. The molecule has 0 aromatic heterocycles. The van der Waals surface area contributed by atoms with Crippen LogP contribution in [0.4, 0.5) is 0 Å². The standard InChI is InChI=1S/C8H14.C2H6/c1-3-6-4-7-5-8(6,7)2;1-2/h6-7H,3-5H2,1-2H3;1-2H3. The Labute approximate surface area is 65.0 Å². The van der Waals surface area contributed by atoms with Crippen LogP contribution in [0.25, 0.3) is 0 Å². The monoisotopic (exact) mass is 140 g/mol. The molecule has 0 heterocycles. The molecule has 0 aromatic rings. The Morgan fingerprint density at radius 1 is 1.40 bits per heavy atom. The molecule has 60 valence electrons. The average molecular weight is 140 g/mol. The molecule has 0 radical (unpaired) electrons. The van der Waals surface area contributed by atoms with Crippen molar-refractivity contribution in [3.8, 4) is 0 Å². The lowest BCUT2D eigenvalue weighted by Gasteiger charge is -2.32. The van der Waals surface area contributed by atoms with Crippen molar-refractivity contribution in [1.82, 2.24) is 0 Å². The molecule has 2 rings (SSSR count). The lowest BCUT2D eigenvalue weighted by Crippen LogP contribution is -2.24. The summed E-state index contributed by atoms with van der Waals surface area (Å²) in [6.45, 7) is 8.78. The molecule has 0 amide bonds. The first-order chi connectivity index (χ1) is 4.77. The number of hydrogen-bond acceptors (Lipinski definition) is 0. The van der Waals surface area contributed by atoms with Gasteiger partial charge < -0.3 is 0 Å². The van der Waals surface area contributed by atoms with Gasteiger partial charge in [0.05, 0.1) is 0 Å². The van der Waals surface area contributed by atoms with Gasteiger partial charge in [-0.3, -0.25) is 0 Å². The Hall–Kier alpha value is 0. The molecule has 0 N–H and O–H groups in total. The highest BCUT2D eigenvalue weighted by molar-refractivity contribution is 5.12. The van der Waals surface area contributed by atoms with Crippen LogP contribution in [0.2, 0.25) is 0 Å². The fourth-order valence-electron chi connectivity index (χ4n) is 2.41. The van der Waals surface area contributed by atoms with Gasteiger partial charge in [-0.05, 0) is 30.1 Å². The highest BCUT2D eigenvalue weighted by atomic mass is 14.7. The van der Waals surface area contributed by atoms with Crippen LogP contribution in [-0.2, 0) is 0 Å². The van der Waals surface area contributed by atoms with Crippen LogP contribution in [0.15, 0.2) is 0 Å². The fraction of sp³-hybridized carbons (Fsp3) is 1.00. The van der Waals surface area contributed by atoms with E-state index in [1.165, 1.54) is 6.42 Å². The predicted molar refractivity (Wildman–Crippen MR) is 46.0 cm³/mol. The zero-order valence-corrected chi connectivity index (χ0v) is 7.78. The van der Waals surface area contributed by atoms with Gasteiger partial charge in [0.2, 0.25) is 0 Å². The van der Waals surface area contributed by atoms with Gasteiger partial charge in [0.25, 0.3) is 0 Å². The molecule has 2 aliphatic carbocycles. The zero-order chi connectivity index (χ0) is 7.78. The quantitative estimate of drug-likeness (QED) is 0.523. The molecular formula is C10H20. The van der Waals surface area contributed by atoms with Crippen LogP contribution in [0.1, 0.15) is 47.0 Å². The van der Waals surface area contributed by atoms with E-state index in [1.54, 1.807) is 12.8 Å². The lowest BCUT2D eigenvalue weighted by atomic mass is 9.73. The Balaban J connectivity index is 0.000000231. The van der Waals surface area contributed by atoms with Crippen LogP contribution in [0, 0.1) is 17.3 Å². The van der Waals surface area contributed by atoms with Crippen molar-refractivity contribution in [3.05, 3.63) is 0 Å². The summed E-state index contributed by atoms with van der Waals surface area (Å²) in [5, 5.41) is 0. The maximum absolute atomic E-state index is 2.45. The van der Waals surface area contributed by atoms with Gasteiger partial charge in [-0.1, -0.05) is 34.1 Å². The molecule has 0 nitrogen and oxygen atoms in total. The summed E-state index contributed by atoms with van der Waals surface area (Å²) in [5.74, 6) is 2.26. The molecule has 0 aliphatic heterocycles. The van der Waals surface area contributed by atoms with Gasteiger partial charge in [0.15, 0.2) is 0 Å². The van der Waals surface area contributed by atoms with Crippen LogP contribution in [-0.4, -0.2) is 0 Å². The number of rotatable bonds is 1. The second-order valence-corrected chi connectivity index (χ2v) is 3.75. The van der Waals surface area contributed by atoms with Crippen molar-refractivity contribution >= 4 is 0 Å². The highest BCUT2D eigenvalue weighted by Gasteiger charge is 2.62. The summed E-state index contributed by atoms with van der Waals surface area (Å²) in [4.78, 5) is 0. The topological polar surface area (TPSA) is 0 Å². The molecule has 0 aromatic carbocycles. The van der Waals surface area contributed by atoms with E-state index >= 15 is 0 Å². The van der Waals surface area contributed by atoms with E-state index in [2.05, 4.69) is 13.8 Å². The number of hydrogen-bond donors (Lipinski definition) is 0. The predicted octanol–water partition coefficient (Wildman–Crippen LogP) is 3.47. The maximum Gasteiger partial charge on any atom is -0.0266 e. The van der Waals surface area contributed by atoms with Gasteiger partial charge in [-0.25, -0.2) is 0 Å². The van der Waals surface area contributed by atoms with E-state index in [0.717, 1.165) is 17.3 Å². The molecule has 0 heteroatoms. The third kappa shape index (κ3) is 0.889. The molecule has 0 spiro atoms. The van der Waals surface area contributed by atoms with Crippen molar-refractivity contribution in [2.45, 2.75) is 47.0 Å². The molecule has 0 saturated heterocycles. The summed E-state index contributed by atoms with van der Waals surface area (Å²) >= 11 is 0. The molecule has 0 bridgehead atoms. The van der Waals surface area contributed by atoms with Gasteiger partial charge in [0.1, 0.15) is 0 Å². The Bertz CT molecular complexity index is 117. The highest BCUT2D eigenvalue weighted by Crippen LogP contribution is 2.71. The van der Waals surface area contributed by atoms with Crippen molar-refractivity contribution < 1.29 is 0 Å². The van der Waals surface area contributed by atoms with E-state index in [0.29, 0.717) is 0 Å². The first-order valence-corrected chi connectivity index (χ1v) is 4.77. The van der Waals surface area contributed by atoms with Crippen LogP contribution >= 0.6 is 0 Å². The Morgan fingerprint density at radius 2 is 2.00 bits per heavy atom. The molecule has 3 atom stereocenters. The van der Waals surface area contributed by atoms with E-state index < -0.39 is 0 Å². The normalized spacial score (nSPS) is 48.0. The van der Waals surface area contributed by atoms with Gasteiger partial charge in [-0.15, -0.1) is 0 Å². The SMILES string of the molecule is CC.CCC1CC2CC12C. The average Bonchev–Trinajstić information content (AvgIpc) is 2.47. The number of fused-ring (bicyclic) bond motifs is 1. The summed E-state index contributed by atoms with van der Waals surface area (Å²) in [5.41, 5.74) is 0.856. The molecule has 2 fully saturated rings. The molecule has 2 saturated carbocycles. The molecular weight excluding hydrogens is 120 g/mol. The summed E-state index contributed by atoms with van der Waals surface area (Å²) in [6.07, 6.45) is 4.52. The minimum Gasteiger partial charge on any atom is -0.0683 e. The summed E-state index contributed by atoms with van der Waals surface area (Å²) in [6, 6.07) is 0. The van der Waals surface area contributed by atoms with Crippen molar-refractivity contribution in [2.24, 2.45) is 17.3 Å². The second kappa shape index (κ2) is 2.56. The van der Waals surface area contributed by atoms with E-state index in [4.69, 9.17) is 0 Å². The van der Waals surface area contributed by atoms with Gasteiger partial charge >= 0.3 is 0 Å².